The van der Waals surface area contributed by atoms with Gasteiger partial charge in [0.05, 0.1) is 12.2 Å². The van der Waals surface area contributed by atoms with E-state index in [4.69, 9.17) is 4.99 Å². The van der Waals surface area contributed by atoms with Crippen molar-refractivity contribution in [2.75, 3.05) is 44.7 Å². The Morgan fingerprint density at radius 3 is 2.53 bits per heavy atom. The number of likely N-dealkylation sites (N-methyl/N-ethyl adjacent to an activating group) is 1. The molecule has 8 nitrogen and oxygen atoms in total. The summed E-state index contributed by atoms with van der Waals surface area (Å²) in [6, 6.07) is 14.1. The molecule has 2 unspecified atom stereocenters. The summed E-state index contributed by atoms with van der Waals surface area (Å²) in [4.78, 5) is 37.8. The molecule has 3 aliphatic heterocycles. The normalized spacial score (nSPS) is 23.1. The molecule has 0 bridgehead atoms. The standard InChI is InChI=1S/C25H29FN6O2/c1-17-6-5-7-18(14-17)15-32-21(27-23-22(32)24(33)28-25(34)29(23)2)16-30-10-12-31(13-11-30)20-9-4-3-8-19(20)26/h3-9,14,22-23H,10-13,15-16H2,1-2H3,(H,28,33,34). The molecule has 3 amide bonds. The number of carbonyl (C=O) groups is 2. The molecule has 1 N–H and O–H groups in total. The van der Waals surface area contributed by atoms with Gasteiger partial charge in [0.25, 0.3) is 5.91 Å². The topological polar surface area (TPSA) is 71.5 Å². The second-order valence-corrected chi connectivity index (χ2v) is 9.14. The first-order valence-corrected chi connectivity index (χ1v) is 11.6. The number of urea groups is 1. The molecule has 2 fully saturated rings. The Morgan fingerprint density at radius 2 is 1.79 bits per heavy atom. The molecule has 3 aliphatic rings. The van der Waals surface area contributed by atoms with Gasteiger partial charge in [-0.3, -0.25) is 15.0 Å². The largest absolute Gasteiger partial charge is 0.367 e. The van der Waals surface area contributed by atoms with E-state index in [0.29, 0.717) is 31.9 Å². The Labute approximate surface area is 198 Å². The van der Waals surface area contributed by atoms with E-state index < -0.39 is 18.2 Å². The van der Waals surface area contributed by atoms with Crippen molar-refractivity contribution in [2.45, 2.75) is 25.7 Å². The van der Waals surface area contributed by atoms with E-state index >= 15 is 0 Å². The number of halogens is 1. The van der Waals surface area contributed by atoms with E-state index in [-0.39, 0.29) is 11.7 Å². The van der Waals surface area contributed by atoms with E-state index in [1.165, 1.54) is 11.0 Å². The van der Waals surface area contributed by atoms with Gasteiger partial charge in [0, 0.05) is 39.8 Å². The van der Waals surface area contributed by atoms with E-state index in [1.54, 1.807) is 13.1 Å². The average molecular weight is 465 g/mol. The number of amidine groups is 1. The predicted octanol–water partition coefficient (Wildman–Crippen LogP) is 2.05. The van der Waals surface area contributed by atoms with Gasteiger partial charge in [-0.1, -0.05) is 42.0 Å². The molecule has 0 radical (unpaired) electrons. The monoisotopic (exact) mass is 464 g/mol. The number of para-hydroxylation sites is 1. The molecule has 2 aromatic carbocycles. The van der Waals surface area contributed by atoms with Crippen molar-refractivity contribution in [3.8, 4) is 0 Å². The smallest absolute Gasteiger partial charge is 0.325 e. The molecule has 5 rings (SSSR count). The number of rotatable bonds is 5. The van der Waals surface area contributed by atoms with Crippen LogP contribution in [0.1, 0.15) is 11.1 Å². The summed E-state index contributed by atoms with van der Waals surface area (Å²) in [5, 5.41) is 2.46. The lowest BCUT2D eigenvalue weighted by Gasteiger charge is -2.38. The lowest BCUT2D eigenvalue weighted by Crippen LogP contribution is -2.63. The van der Waals surface area contributed by atoms with Gasteiger partial charge in [0.1, 0.15) is 11.7 Å². The number of aryl methyl sites for hydroxylation is 1. The number of nitrogens with zero attached hydrogens (tertiary/aromatic N) is 5. The Bertz CT molecular complexity index is 1130. The Hall–Kier alpha value is -3.46. The van der Waals surface area contributed by atoms with Crippen LogP contribution in [0.4, 0.5) is 14.9 Å². The predicted molar refractivity (Wildman–Crippen MR) is 128 cm³/mol. The molecule has 0 aromatic heterocycles. The second kappa shape index (κ2) is 9.06. The van der Waals surface area contributed by atoms with Crippen LogP contribution < -0.4 is 10.2 Å². The molecule has 9 heteroatoms. The molecule has 34 heavy (non-hydrogen) atoms. The number of piperazine rings is 1. The molecule has 2 saturated heterocycles. The fraction of sp³-hybridized carbons (Fsp3) is 0.400. The number of anilines is 1. The van der Waals surface area contributed by atoms with Gasteiger partial charge in [-0.25, -0.2) is 14.2 Å². The summed E-state index contributed by atoms with van der Waals surface area (Å²) in [5.41, 5.74) is 2.87. The molecule has 2 atom stereocenters. The van der Waals surface area contributed by atoms with Gasteiger partial charge in [-0.05, 0) is 24.6 Å². The van der Waals surface area contributed by atoms with Crippen LogP contribution in [0.5, 0.6) is 0 Å². The van der Waals surface area contributed by atoms with Crippen LogP contribution in [0.15, 0.2) is 53.5 Å². The lowest BCUT2D eigenvalue weighted by atomic mass is 10.1. The zero-order chi connectivity index (χ0) is 23.8. The summed E-state index contributed by atoms with van der Waals surface area (Å²) in [6.07, 6.45) is -0.541. The first-order valence-electron chi connectivity index (χ1n) is 11.6. The van der Waals surface area contributed by atoms with Gasteiger partial charge in [-0.2, -0.15) is 0 Å². The third-order valence-electron chi connectivity index (χ3n) is 6.81. The van der Waals surface area contributed by atoms with Crippen LogP contribution in [0, 0.1) is 12.7 Å². The molecule has 0 aliphatic carbocycles. The Kier molecular flexibility index (Phi) is 5.95. The van der Waals surface area contributed by atoms with E-state index in [2.05, 4.69) is 21.2 Å². The molecule has 3 heterocycles. The third kappa shape index (κ3) is 4.23. The van der Waals surface area contributed by atoms with E-state index in [1.807, 2.05) is 42.2 Å². The van der Waals surface area contributed by atoms with Gasteiger partial charge >= 0.3 is 6.03 Å². The van der Waals surface area contributed by atoms with Crippen LogP contribution in [0.2, 0.25) is 0 Å². The van der Waals surface area contributed by atoms with Gasteiger partial charge < -0.3 is 14.7 Å². The van der Waals surface area contributed by atoms with Crippen molar-refractivity contribution in [3.05, 3.63) is 65.5 Å². The van der Waals surface area contributed by atoms with Gasteiger partial charge in [-0.15, -0.1) is 0 Å². The van der Waals surface area contributed by atoms with Crippen molar-refractivity contribution in [1.29, 1.82) is 0 Å². The number of hydrogen-bond acceptors (Lipinski definition) is 6. The summed E-state index contributed by atoms with van der Waals surface area (Å²) < 4.78 is 14.2. The minimum absolute atomic E-state index is 0.205. The minimum Gasteiger partial charge on any atom is -0.367 e. The Balaban J connectivity index is 1.34. The van der Waals surface area contributed by atoms with Crippen molar-refractivity contribution in [1.82, 2.24) is 20.0 Å². The number of amides is 3. The SMILES string of the molecule is Cc1cccc(CN2C(CN3CCN(c4ccccc4F)CC3)=NC3C2C(=O)NC(=O)N3C)c1. The number of fused-ring (bicyclic) bond motifs is 1. The number of imide groups is 1. The number of carbonyl (C=O) groups excluding carboxylic acids is 2. The molecular formula is C25H29FN6O2. The maximum Gasteiger partial charge on any atom is 0.325 e. The van der Waals surface area contributed by atoms with Crippen molar-refractivity contribution >= 4 is 23.5 Å². The highest BCUT2D eigenvalue weighted by molar-refractivity contribution is 6.04. The second-order valence-electron chi connectivity index (χ2n) is 9.14. The van der Waals surface area contributed by atoms with Crippen molar-refractivity contribution in [3.63, 3.8) is 0 Å². The number of benzene rings is 2. The maximum absolute atomic E-state index is 14.2. The van der Waals surface area contributed by atoms with Gasteiger partial charge in [0.15, 0.2) is 12.2 Å². The van der Waals surface area contributed by atoms with Gasteiger partial charge in [0.2, 0.25) is 0 Å². The minimum atomic E-state index is -0.557. The van der Waals surface area contributed by atoms with E-state index in [9.17, 15) is 14.0 Å². The average Bonchev–Trinajstić information content (AvgIpc) is 3.17. The number of hydrogen-bond donors (Lipinski definition) is 1. The first-order chi connectivity index (χ1) is 16.4. The fourth-order valence-electron chi connectivity index (χ4n) is 4.97. The highest BCUT2D eigenvalue weighted by Gasteiger charge is 2.48. The molecule has 178 valence electrons. The first kappa shape index (κ1) is 22.3. The van der Waals surface area contributed by atoms with Crippen LogP contribution in [-0.2, 0) is 11.3 Å². The zero-order valence-electron chi connectivity index (χ0n) is 19.4. The molecule has 0 spiro atoms. The van der Waals surface area contributed by atoms with E-state index in [0.717, 1.165) is 30.1 Å². The lowest BCUT2D eigenvalue weighted by molar-refractivity contribution is -0.127. The molecular weight excluding hydrogens is 435 g/mol. The summed E-state index contributed by atoms with van der Waals surface area (Å²) in [7, 11) is 1.67. The summed E-state index contributed by atoms with van der Waals surface area (Å²) >= 11 is 0. The third-order valence-corrected chi connectivity index (χ3v) is 6.81. The summed E-state index contributed by atoms with van der Waals surface area (Å²) in [5.74, 6) is 0.277. The number of nitrogens with one attached hydrogen (secondary N) is 1. The van der Waals surface area contributed by atoms with Crippen LogP contribution in [0.3, 0.4) is 0 Å². The molecule has 0 saturated carbocycles. The van der Waals surface area contributed by atoms with Crippen LogP contribution in [-0.4, -0.2) is 84.5 Å². The fourth-order valence-corrected chi connectivity index (χ4v) is 4.97. The Morgan fingerprint density at radius 1 is 1.03 bits per heavy atom. The van der Waals surface area contributed by atoms with Crippen LogP contribution in [0.25, 0.3) is 0 Å². The zero-order valence-corrected chi connectivity index (χ0v) is 19.4. The highest BCUT2D eigenvalue weighted by atomic mass is 19.1. The highest BCUT2D eigenvalue weighted by Crippen LogP contribution is 2.27. The quantitative estimate of drug-likeness (QED) is 0.734. The maximum atomic E-state index is 14.2. The van der Waals surface area contributed by atoms with Crippen molar-refractivity contribution in [2.24, 2.45) is 4.99 Å². The van der Waals surface area contributed by atoms with Crippen LogP contribution >= 0.6 is 0 Å². The van der Waals surface area contributed by atoms with Crippen molar-refractivity contribution < 1.29 is 14.0 Å². The number of aliphatic imine (C=N–C) groups is 1. The molecule has 2 aromatic rings. The summed E-state index contributed by atoms with van der Waals surface area (Å²) in [6.45, 7) is 6.06.